The van der Waals surface area contributed by atoms with Gasteiger partial charge in [0.2, 0.25) is 0 Å². The maximum absolute atomic E-state index is 12.8. The van der Waals surface area contributed by atoms with Crippen LogP contribution in [0.5, 0.6) is 0 Å². The van der Waals surface area contributed by atoms with Gasteiger partial charge >= 0.3 is 6.18 Å². The summed E-state index contributed by atoms with van der Waals surface area (Å²) in [6.07, 6.45) is -2.02. The minimum absolute atomic E-state index is 0.233. The van der Waals surface area contributed by atoms with E-state index in [2.05, 4.69) is 15.3 Å². The number of halogens is 4. The van der Waals surface area contributed by atoms with Crippen molar-refractivity contribution in [1.82, 2.24) is 20.0 Å². The Balaban J connectivity index is 1.84. The number of rotatable bonds is 3. The topological polar surface area (TPSA) is 52.8 Å². The van der Waals surface area contributed by atoms with Crippen LogP contribution in [-0.2, 0) is 17.5 Å². The molecule has 3 rings (SSSR count). The molecule has 1 aliphatic rings. The van der Waals surface area contributed by atoms with Crippen LogP contribution in [-0.4, -0.2) is 33.2 Å². The standard InChI is InChI=1S/C13H12ClF3N4O/c14-12-4-9(3-11(18-12)13(15,16)17)10-6-21(20-19-10)5-8-1-2-22-7-8/h3-4,6,8H,1-2,5,7H2. The van der Waals surface area contributed by atoms with Gasteiger partial charge in [-0.1, -0.05) is 16.8 Å². The van der Waals surface area contributed by atoms with Gasteiger partial charge < -0.3 is 4.74 Å². The first-order valence-corrected chi connectivity index (χ1v) is 7.02. The van der Waals surface area contributed by atoms with Gasteiger partial charge in [-0.2, -0.15) is 13.2 Å². The first-order chi connectivity index (χ1) is 10.4. The van der Waals surface area contributed by atoms with E-state index in [1.54, 1.807) is 10.9 Å². The SMILES string of the molecule is FC(F)(F)c1cc(-c2cn(CC3CCOC3)nn2)cc(Cl)n1. The van der Waals surface area contributed by atoms with Gasteiger partial charge in [0.1, 0.15) is 16.5 Å². The fourth-order valence-corrected chi connectivity index (χ4v) is 2.51. The van der Waals surface area contributed by atoms with Gasteiger partial charge in [-0.15, -0.1) is 5.10 Å². The zero-order chi connectivity index (χ0) is 15.7. The van der Waals surface area contributed by atoms with Crippen molar-refractivity contribution in [2.24, 2.45) is 5.92 Å². The molecule has 0 N–H and O–H groups in total. The number of pyridine rings is 1. The van der Waals surface area contributed by atoms with Crippen LogP contribution < -0.4 is 0 Å². The fourth-order valence-electron chi connectivity index (χ4n) is 2.30. The third-order valence-electron chi connectivity index (χ3n) is 3.39. The Morgan fingerprint density at radius 2 is 2.18 bits per heavy atom. The second kappa shape index (κ2) is 5.85. The molecule has 22 heavy (non-hydrogen) atoms. The Morgan fingerprint density at radius 3 is 2.86 bits per heavy atom. The summed E-state index contributed by atoms with van der Waals surface area (Å²) in [6.45, 7) is 2.01. The smallest absolute Gasteiger partial charge is 0.381 e. The summed E-state index contributed by atoms with van der Waals surface area (Å²) in [7, 11) is 0. The van der Waals surface area contributed by atoms with Gasteiger partial charge in [0.15, 0.2) is 0 Å². The van der Waals surface area contributed by atoms with Crippen molar-refractivity contribution in [2.75, 3.05) is 13.2 Å². The highest BCUT2D eigenvalue weighted by Gasteiger charge is 2.33. The molecule has 0 amide bonds. The maximum Gasteiger partial charge on any atom is 0.433 e. The molecule has 0 aromatic carbocycles. The van der Waals surface area contributed by atoms with Gasteiger partial charge in [-0.05, 0) is 18.6 Å². The van der Waals surface area contributed by atoms with Crippen LogP contribution in [0.25, 0.3) is 11.3 Å². The maximum atomic E-state index is 12.8. The Kier molecular flexibility index (Phi) is 4.05. The van der Waals surface area contributed by atoms with E-state index in [0.717, 1.165) is 19.1 Å². The minimum atomic E-state index is -4.56. The average Bonchev–Trinajstić information content (AvgIpc) is 3.09. The van der Waals surface area contributed by atoms with Crippen molar-refractivity contribution in [1.29, 1.82) is 0 Å². The molecule has 2 aromatic heterocycles. The molecule has 1 unspecified atom stereocenters. The summed E-state index contributed by atoms with van der Waals surface area (Å²) in [5.74, 6) is 0.348. The van der Waals surface area contributed by atoms with Crippen LogP contribution >= 0.6 is 11.6 Å². The van der Waals surface area contributed by atoms with Crippen LogP contribution in [0.1, 0.15) is 12.1 Å². The molecule has 5 nitrogen and oxygen atoms in total. The number of hydrogen-bond donors (Lipinski definition) is 0. The van der Waals surface area contributed by atoms with Crippen molar-refractivity contribution in [2.45, 2.75) is 19.1 Å². The predicted octanol–water partition coefficient (Wildman–Crippen LogP) is 3.05. The highest BCUT2D eigenvalue weighted by molar-refractivity contribution is 6.29. The number of nitrogens with zero attached hydrogens (tertiary/aromatic N) is 4. The quantitative estimate of drug-likeness (QED) is 0.811. The molecule has 1 fully saturated rings. The summed E-state index contributed by atoms with van der Waals surface area (Å²) < 4.78 is 45.2. The summed E-state index contributed by atoms with van der Waals surface area (Å²) in [6, 6.07) is 2.25. The molecule has 1 aliphatic heterocycles. The molecule has 9 heteroatoms. The molecule has 1 atom stereocenters. The second-order valence-electron chi connectivity index (χ2n) is 5.12. The monoisotopic (exact) mass is 332 g/mol. The first-order valence-electron chi connectivity index (χ1n) is 6.65. The normalized spacial score (nSPS) is 18.8. The third kappa shape index (κ3) is 3.38. The lowest BCUT2D eigenvalue weighted by Gasteiger charge is -2.07. The van der Waals surface area contributed by atoms with E-state index in [1.165, 1.54) is 6.07 Å². The lowest BCUT2D eigenvalue weighted by molar-refractivity contribution is -0.141. The van der Waals surface area contributed by atoms with Crippen LogP contribution in [0.3, 0.4) is 0 Å². The van der Waals surface area contributed by atoms with Crippen molar-refractivity contribution < 1.29 is 17.9 Å². The highest BCUT2D eigenvalue weighted by Crippen LogP contribution is 2.32. The second-order valence-corrected chi connectivity index (χ2v) is 5.50. The highest BCUT2D eigenvalue weighted by atomic mass is 35.5. The summed E-state index contributed by atoms with van der Waals surface area (Å²) in [5, 5.41) is 7.62. The Labute approximate surface area is 129 Å². The van der Waals surface area contributed by atoms with Gasteiger partial charge in [0, 0.05) is 24.6 Å². The fraction of sp³-hybridized carbons (Fsp3) is 0.462. The first kappa shape index (κ1) is 15.2. The van der Waals surface area contributed by atoms with Crippen molar-refractivity contribution in [3.63, 3.8) is 0 Å². The summed E-state index contributed by atoms with van der Waals surface area (Å²) in [5.41, 5.74) is -0.483. The molecule has 0 radical (unpaired) electrons. The van der Waals surface area contributed by atoms with E-state index in [-0.39, 0.29) is 10.7 Å². The van der Waals surface area contributed by atoms with Gasteiger partial charge in [0.25, 0.3) is 0 Å². The molecule has 3 heterocycles. The van der Waals surface area contributed by atoms with Gasteiger partial charge in [-0.3, -0.25) is 4.68 Å². The molecule has 1 saturated heterocycles. The van der Waals surface area contributed by atoms with Crippen LogP contribution in [0, 0.1) is 5.92 Å². The number of aromatic nitrogens is 4. The molecule has 0 saturated carbocycles. The summed E-state index contributed by atoms with van der Waals surface area (Å²) in [4.78, 5) is 3.29. The predicted molar refractivity (Wildman–Crippen MR) is 72.2 cm³/mol. The largest absolute Gasteiger partial charge is 0.433 e. The molecule has 2 aromatic rings. The van der Waals surface area contributed by atoms with E-state index in [9.17, 15) is 13.2 Å². The van der Waals surface area contributed by atoms with Crippen molar-refractivity contribution in [3.8, 4) is 11.3 Å². The van der Waals surface area contributed by atoms with E-state index in [1.807, 2.05) is 0 Å². The third-order valence-corrected chi connectivity index (χ3v) is 3.58. The van der Waals surface area contributed by atoms with Crippen molar-refractivity contribution >= 4 is 11.6 Å². The lowest BCUT2D eigenvalue weighted by Crippen LogP contribution is -2.11. The molecular formula is C13H12ClF3N4O. The molecule has 0 bridgehead atoms. The van der Waals surface area contributed by atoms with E-state index >= 15 is 0 Å². The number of ether oxygens (including phenoxy) is 1. The zero-order valence-corrected chi connectivity index (χ0v) is 12.1. The number of hydrogen-bond acceptors (Lipinski definition) is 4. The van der Waals surface area contributed by atoms with E-state index in [4.69, 9.17) is 16.3 Å². The van der Waals surface area contributed by atoms with E-state index in [0.29, 0.717) is 24.8 Å². The average molecular weight is 333 g/mol. The minimum Gasteiger partial charge on any atom is -0.381 e. The molecular weight excluding hydrogens is 321 g/mol. The van der Waals surface area contributed by atoms with E-state index < -0.39 is 11.9 Å². The zero-order valence-electron chi connectivity index (χ0n) is 11.3. The lowest BCUT2D eigenvalue weighted by atomic mass is 10.1. The number of alkyl halides is 3. The Bertz CT molecular complexity index is 668. The van der Waals surface area contributed by atoms with Gasteiger partial charge in [0.05, 0.1) is 12.8 Å². The molecule has 118 valence electrons. The Hall–Kier alpha value is -1.67. The van der Waals surface area contributed by atoms with Crippen molar-refractivity contribution in [3.05, 3.63) is 29.2 Å². The van der Waals surface area contributed by atoms with Crippen LogP contribution in [0.2, 0.25) is 5.15 Å². The Morgan fingerprint density at radius 1 is 1.36 bits per heavy atom. The molecule has 0 spiro atoms. The van der Waals surface area contributed by atoms with Crippen LogP contribution in [0.15, 0.2) is 18.3 Å². The van der Waals surface area contributed by atoms with Gasteiger partial charge in [-0.25, -0.2) is 4.98 Å². The molecule has 0 aliphatic carbocycles. The summed E-state index contributed by atoms with van der Waals surface area (Å²) >= 11 is 5.67. The van der Waals surface area contributed by atoms with Crippen LogP contribution in [0.4, 0.5) is 13.2 Å².